The number of aromatic amines is 1. The van der Waals surface area contributed by atoms with Crippen molar-refractivity contribution in [2.24, 2.45) is 0 Å². The zero-order chi connectivity index (χ0) is 30.5. The van der Waals surface area contributed by atoms with Crippen LogP contribution in [0.1, 0.15) is 24.0 Å². The number of carbonyl (C=O) groups is 2. The number of tetrazole rings is 1. The number of aromatic nitrogens is 7. The Balaban J connectivity index is 0.00000118. The van der Waals surface area contributed by atoms with Crippen LogP contribution in [-0.4, -0.2) is 70.7 Å². The minimum atomic E-state index is -1.22. The van der Waals surface area contributed by atoms with Gasteiger partial charge in [0, 0.05) is 28.0 Å². The fourth-order valence-electron chi connectivity index (χ4n) is 5.11. The molecule has 0 radical (unpaired) electrons. The number of hydrogen-bond acceptors (Lipinski definition) is 7. The number of benzene rings is 2. The Morgan fingerprint density at radius 2 is 1.93 bits per heavy atom. The second kappa shape index (κ2) is 12.7. The highest BCUT2D eigenvalue weighted by Crippen LogP contribution is 2.34. The molecular weight excluding hydrogens is 583 g/mol. The number of fused-ring (bicyclic) bond motifs is 1. The molecule has 0 aliphatic carbocycles. The van der Waals surface area contributed by atoms with Crippen molar-refractivity contribution < 1.29 is 24.2 Å². The maximum Gasteiger partial charge on any atom is 0.411 e. The van der Waals surface area contributed by atoms with Crippen LogP contribution < -0.4 is 10.5 Å². The first kappa shape index (κ1) is 29.1. The number of imidazole rings is 1. The number of H-pyrrole nitrogens is 1. The maximum atomic E-state index is 13.4. The van der Waals surface area contributed by atoms with E-state index in [0.29, 0.717) is 40.6 Å². The van der Waals surface area contributed by atoms with Gasteiger partial charge in [0.2, 0.25) is 0 Å². The minimum Gasteiger partial charge on any atom is -0.483 e. The first-order valence-corrected chi connectivity index (χ1v) is 13.3. The fourth-order valence-corrected chi connectivity index (χ4v) is 5.29. The van der Waals surface area contributed by atoms with Crippen LogP contribution in [0.25, 0.3) is 28.1 Å². The third-order valence-corrected chi connectivity index (χ3v) is 7.17. The molecular formula is C28H24ClFN8O5. The smallest absolute Gasteiger partial charge is 0.411 e. The lowest BCUT2D eigenvalue weighted by Gasteiger charge is -2.17. The number of nitrogens with zero attached hydrogens (tertiary/aromatic N) is 7. The van der Waals surface area contributed by atoms with Gasteiger partial charge in [-0.05, 0) is 70.8 Å². The number of aryl methyl sites for hydroxylation is 1. The van der Waals surface area contributed by atoms with E-state index in [9.17, 15) is 19.1 Å². The lowest BCUT2D eigenvalue weighted by molar-refractivity contribution is -0.122. The van der Waals surface area contributed by atoms with Gasteiger partial charge in [0.25, 0.3) is 12.0 Å². The van der Waals surface area contributed by atoms with Gasteiger partial charge in [0.1, 0.15) is 18.8 Å². The summed E-state index contributed by atoms with van der Waals surface area (Å²) in [5, 5.41) is 28.1. The Labute approximate surface area is 247 Å². The quantitative estimate of drug-likeness (QED) is 0.229. The zero-order valence-corrected chi connectivity index (χ0v) is 23.1. The summed E-state index contributed by atoms with van der Waals surface area (Å²) in [6.07, 6.45) is 3.32. The summed E-state index contributed by atoms with van der Waals surface area (Å²) in [6.45, 7) is -1.27. The summed E-state index contributed by atoms with van der Waals surface area (Å²) in [6, 6.07) is 15.4. The molecule has 0 saturated carbocycles. The highest BCUT2D eigenvalue weighted by Gasteiger charge is 2.28. The molecule has 3 N–H and O–H groups in total. The van der Waals surface area contributed by atoms with E-state index in [1.54, 1.807) is 59.3 Å². The third-order valence-electron chi connectivity index (χ3n) is 6.94. The number of hydrogen-bond donors (Lipinski definition) is 3. The van der Waals surface area contributed by atoms with Gasteiger partial charge >= 0.3 is 6.09 Å². The van der Waals surface area contributed by atoms with Crippen molar-refractivity contribution in [3.63, 3.8) is 0 Å². The van der Waals surface area contributed by atoms with Crippen molar-refractivity contribution in [2.45, 2.75) is 18.9 Å². The molecule has 4 heterocycles. The molecule has 0 saturated heterocycles. The Kier molecular flexibility index (Phi) is 8.57. The van der Waals surface area contributed by atoms with E-state index in [1.807, 2.05) is 6.07 Å². The second-order valence-electron chi connectivity index (χ2n) is 9.37. The highest BCUT2D eigenvalue weighted by molar-refractivity contribution is 6.31. The molecule has 43 heavy (non-hydrogen) atoms. The lowest BCUT2D eigenvalue weighted by Crippen LogP contribution is -2.31. The molecule has 3 aromatic heterocycles. The third kappa shape index (κ3) is 5.99. The number of carboxylic acid groups (broad SMARTS) is 2. The molecule has 1 aliphatic rings. The van der Waals surface area contributed by atoms with E-state index in [1.165, 1.54) is 11.0 Å². The molecule has 0 bridgehead atoms. The molecule has 5 aromatic rings. The molecule has 220 valence electrons. The van der Waals surface area contributed by atoms with Gasteiger partial charge in [-0.3, -0.25) is 14.5 Å². The molecule has 0 unspecified atom stereocenters. The average molecular weight is 607 g/mol. The fraction of sp³-hybridized carbons (Fsp3) is 0.179. The monoisotopic (exact) mass is 606 g/mol. The Morgan fingerprint density at radius 1 is 1.16 bits per heavy atom. The van der Waals surface area contributed by atoms with Gasteiger partial charge in [-0.15, -0.1) is 5.10 Å². The number of anilines is 1. The van der Waals surface area contributed by atoms with Crippen molar-refractivity contribution in [3.8, 4) is 28.1 Å². The number of nitrogens with one attached hydrogen (secondary N) is 1. The molecule has 13 nitrogen and oxygen atoms in total. The van der Waals surface area contributed by atoms with Gasteiger partial charge in [-0.2, -0.15) is 4.68 Å². The molecule has 15 heteroatoms. The summed E-state index contributed by atoms with van der Waals surface area (Å²) in [5.41, 5.74) is 4.74. The van der Waals surface area contributed by atoms with Gasteiger partial charge in [-0.25, -0.2) is 14.2 Å². The minimum absolute atomic E-state index is 0.165. The van der Waals surface area contributed by atoms with Gasteiger partial charge in [0.05, 0.1) is 30.2 Å². The first-order chi connectivity index (χ1) is 20.8. The standard InChI is InChI=1S/C27H22ClFN8O3.CH2O2/c28-18-3-7-23(36-15-31-33-34-36)21(13-18)17-11-20-6-8-24(37(20)25(38)12-17)26-30-14-22(32-26)16-1-4-19(5-2-16)35(10-9-29)27(39)40;2-1-3/h1-5,7,11-15,24H,6,8-10H2,(H,30,32)(H,39,40);1H,(H,2,3)/t24-;/m0./s1. The van der Waals surface area contributed by atoms with Crippen LogP contribution in [0.5, 0.6) is 0 Å². The predicted molar refractivity (Wildman–Crippen MR) is 154 cm³/mol. The van der Waals surface area contributed by atoms with Crippen LogP contribution in [0.4, 0.5) is 14.9 Å². The highest BCUT2D eigenvalue weighted by atomic mass is 35.5. The van der Waals surface area contributed by atoms with Crippen molar-refractivity contribution in [1.82, 2.24) is 34.7 Å². The summed E-state index contributed by atoms with van der Waals surface area (Å²) in [4.78, 5) is 42.0. The van der Waals surface area contributed by atoms with E-state index < -0.39 is 12.8 Å². The van der Waals surface area contributed by atoms with Crippen LogP contribution in [-0.2, 0) is 11.2 Å². The van der Waals surface area contributed by atoms with Gasteiger partial charge in [-0.1, -0.05) is 23.7 Å². The van der Waals surface area contributed by atoms with Crippen molar-refractivity contribution in [2.75, 3.05) is 18.1 Å². The van der Waals surface area contributed by atoms with Crippen LogP contribution in [0.3, 0.4) is 0 Å². The molecule has 1 amide bonds. The van der Waals surface area contributed by atoms with Crippen LogP contribution in [0.2, 0.25) is 5.02 Å². The van der Waals surface area contributed by atoms with E-state index in [0.717, 1.165) is 27.4 Å². The number of pyridine rings is 1. The summed E-state index contributed by atoms with van der Waals surface area (Å²) in [5.74, 6) is 0.648. The predicted octanol–water partition coefficient (Wildman–Crippen LogP) is 4.22. The molecule has 1 atom stereocenters. The Bertz CT molecular complexity index is 1810. The van der Waals surface area contributed by atoms with Crippen LogP contribution >= 0.6 is 11.6 Å². The van der Waals surface area contributed by atoms with E-state index in [4.69, 9.17) is 21.5 Å². The average Bonchev–Trinajstić information content (AvgIpc) is 3.78. The number of alkyl halides is 1. The van der Waals surface area contributed by atoms with Crippen molar-refractivity contribution in [1.29, 1.82) is 0 Å². The molecule has 6 rings (SSSR count). The zero-order valence-electron chi connectivity index (χ0n) is 22.3. The number of amides is 1. The van der Waals surface area contributed by atoms with E-state index in [-0.39, 0.29) is 24.6 Å². The topological polar surface area (TPSA) is 172 Å². The lowest BCUT2D eigenvalue weighted by atomic mass is 10.0. The van der Waals surface area contributed by atoms with Gasteiger partial charge in [0.15, 0.2) is 0 Å². The molecule has 1 aliphatic heterocycles. The summed E-state index contributed by atoms with van der Waals surface area (Å²) in [7, 11) is 0. The molecule has 2 aromatic carbocycles. The first-order valence-electron chi connectivity index (χ1n) is 12.9. The van der Waals surface area contributed by atoms with Gasteiger partial charge < -0.3 is 19.8 Å². The Hall–Kier alpha value is -5.37. The molecule has 0 spiro atoms. The van der Waals surface area contributed by atoms with Crippen molar-refractivity contribution in [3.05, 3.63) is 94.0 Å². The molecule has 0 fully saturated rings. The van der Waals surface area contributed by atoms with Crippen LogP contribution in [0.15, 0.2) is 71.9 Å². The second-order valence-corrected chi connectivity index (χ2v) is 9.81. The van der Waals surface area contributed by atoms with Crippen molar-refractivity contribution >= 4 is 29.9 Å². The summed E-state index contributed by atoms with van der Waals surface area (Å²) < 4.78 is 16.0. The van der Waals surface area contributed by atoms with E-state index in [2.05, 4.69) is 25.5 Å². The Morgan fingerprint density at radius 3 is 2.60 bits per heavy atom. The SMILES string of the molecule is O=C(O)N(CCF)c1ccc(-c2cnc([C@@H]3CCc4cc(-c5cc(Cl)ccc5-n5cnnn5)cc(=O)n43)[nH]2)cc1.O=CO. The number of halogens is 2. The maximum absolute atomic E-state index is 13.4. The normalized spacial score (nSPS) is 13.6. The number of rotatable bonds is 7. The summed E-state index contributed by atoms with van der Waals surface area (Å²) >= 11 is 6.29. The largest absolute Gasteiger partial charge is 0.483 e. The van der Waals surface area contributed by atoms with Crippen LogP contribution in [0, 0.1) is 0 Å². The van der Waals surface area contributed by atoms with E-state index >= 15 is 0 Å².